The zero-order valence-electron chi connectivity index (χ0n) is 10.1. The number of hydrogen-bond donors (Lipinski definition) is 1. The van der Waals surface area contributed by atoms with E-state index in [1.54, 1.807) is 18.2 Å². The smallest absolute Gasteiger partial charge is 0.335 e. The highest BCUT2D eigenvalue weighted by molar-refractivity contribution is 5.88. The van der Waals surface area contributed by atoms with E-state index in [1.807, 2.05) is 13.8 Å². The second-order valence-corrected chi connectivity index (χ2v) is 4.72. The molecule has 3 nitrogen and oxygen atoms in total. The molecule has 0 saturated carbocycles. The quantitative estimate of drug-likeness (QED) is 0.814. The lowest BCUT2D eigenvalue weighted by atomic mass is 10.0. The average Bonchev–Trinajstić information content (AvgIpc) is 2.68. The molecule has 0 heterocycles. The van der Waals surface area contributed by atoms with E-state index in [1.165, 1.54) is 0 Å². The molecular weight excluding hydrogens is 216 g/mol. The van der Waals surface area contributed by atoms with Crippen molar-refractivity contribution in [2.75, 3.05) is 0 Å². The highest BCUT2D eigenvalue weighted by Crippen LogP contribution is 2.31. The van der Waals surface area contributed by atoms with Gasteiger partial charge >= 0.3 is 5.97 Å². The number of carboxylic acid groups (broad SMARTS) is 1. The first-order valence-corrected chi connectivity index (χ1v) is 5.68. The molecule has 1 aromatic carbocycles. The summed E-state index contributed by atoms with van der Waals surface area (Å²) in [5.41, 5.74) is 0.991. The molecule has 90 valence electrons. The fourth-order valence-electron chi connectivity index (χ4n) is 1.94. The van der Waals surface area contributed by atoms with Gasteiger partial charge in [-0.2, -0.15) is 0 Å². The Bertz CT molecular complexity index is 466. The summed E-state index contributed by atoms with van der Waals surface area (Å²) in [4.78, 5) is 10.9. The van der Waals surface area contributed by atoms with Crippen molar-refractivity contribution in [3.8, 4) is 5.75 Å². The van der Waals surface area contributed by atoms with E-state index in [0.717, 1.165) is 18.4 Å². The average molecular weight is 232 g/mol. The second-order valence-electron chi connectivity index (χ2n) is 4.72. The molecule has 1 aliphatic carbocycles. The Labute approximate surface area is 101 Å². The Balaban J connectivity index is 2.25. The van der Waals surface area contributed by atoms with Crippen molar-refractivity contribution >= 4 is 5.97 Å². The van der Waals surface area contributed by atoms with Crippen LogP contribution >= 0.6 is 0 Å². The van der Waals surface area contributed by atoms with E-state index in [4.69, 9.17) is 9.84 Å². The van der Waals surface area contributed by atoms with Gasteiger partial charge < -0.3 is 9.84 Å². The molecule has 0 unspecified atom stereocenters. The maximum absolute atomic E-state index is 10.9. The van der Waals surface area contributed by atoms with E-state index >= 15 is 0 Å². The Morgan fingerprint density at radius 3 is 2.59 bits per heavy atom. The minimum atomic E-state index is -0.926. The van der Waals surface area contributed by atoms with Crippen molar-refractivity contribution in [2.45, 2.75) is 32.3 Å². The maximum atomic E-state index is 10.9. The summed E-state index contributed by atoms with van der Waals surface area (Å²) >= 11 is 0. The molecule has 0 fully saturated rings. The number of aromatic carboxylic acids is 1. The summed E-state index contributed by atoms with van der Waals surface area (Å²) < 4.78 is 5.96. The molecule has 0 aliphatic heterocycles. The van der Waals surface area contributed by atoms with Crippen LogP contribution in [0.15, 0.2) is 30.4 Å². The normalized spacial score (nSPS) is 17.1. The molecule has 3 heteroatoms. The van der Waals surface area contributed by atoms with Crippen molar-refractivity contribution < 1.29 is 14.6 Å². The molecule has 0 aromatic heterocycles. The van der Waals surface area contributed by atoms with E-state index in [9.17, 15) is 4.79 Å². The van der Waals surface area contributed by atoms with E-state index < -0.39 is 5.97 Å². The summed E-state index contributed by atoms with van der Waals surface area (Å²) in [5, 5.41) is 8.96. The van der Waals surface area contributed by atoms with Crippen molar-refractivity contribution in [3.05, 3.63) is 41.5 Å². The van der Waals surface area contributed by atoms with Crippen molar-refractivity contribution in [1.29, 1.82) is 0 Å². The van der Waals surface area contributed by atoms with Crippen LogP contribution in [0.3, 0.4) is 0 Å². The number of aryl methyl sites for hydroxylation is 1. The zero-order valence-corrected chi connectivity index (χ0v) is 10.1. The standard InChI is InChI=1S/C14H16O3/c1-10-5-6-11(13(15)16)9-12(10)17-14(2)7-3-4-8-14/h3-6,9H,7-8H2,1-2H3,(H,15,16). The third-order valence-electron chi connectivity index (χ3n) is 3.06. The zero-order chi connectivity index (χ0) is 12.5. The fraction of sp³-hybridized carbons (Fsp3) is 0.357. The van der Waals surface area contributed by atoms with Crippen LogP contribution < -0.4 is 4.74 Å². The molecule has 0 radical (unpaired) electrons. The number of ether oxygens (including phenoxy) is 1. The number of hydrogen-bond acceptors (Lipinski definition) is 2. The number of carbonyl (C=O) groups is 1. The molecule has 1 N–H and O–H groups in total. The van der Waals surface area contributed by atoms with Gasteiger partial charge in [0.15, 0.2) is 0 Å². The molecule has 0 atom stereocenters. The van der Waals surface area contributed by atoms with E-state index in [0.29, 0.717) is 5.75 Å². The molecule has 1 aliphatic rings. The first-order chi connectivity index (χ1) is 8.00. The maximum Gasteiger partial charge on any atom is 0.335 e. The van der Waals surface area contributed by atoms with Gasteiger partial charge in [0.2, 0.25) is 0 Å². The van der Waals surface area contributed by atoms with E-state index in [2.05, 4.69) is 12.2 Å². The minimum absolute atomic E-state index is 0.234. The molecule has 2 rings (SSSR count). The van der Waals surface area contributed by atoms with Gasteiger partial charge in [-0.3, -0.25) is 0 Å². The van der Waals surface area contributed by atoms with Gasteiger partial charge in [0.1, 0.15) is 11.4 Å². The fourth-order valence-corrected chi connectivity index (χ4v) is 1.94. The predicted octanol–water partition coefficient (Wildman–Crippen LogP) is 3.18. The lowest BCUT2D eigenvalue weighted by molar-refractivity contribution is 0.0693. The van der Waals surface area contributed by atoms with Gasteiger partial charge in [0.25, 0.3) is 0 Å². The molecule has 0 saturated heterocycles. The van der Waals surface area contributed by atoms with Crippen LogP contribution in [0.5, 0.6) is 5.75 Å². The number of carboxylic acids is 1. The third kappa shape index (κ3) is 2.49. The second kappa shape index (κ2) is 4.24. The van der Waals surface area contributed by atoms with Crippen LogP contribution in [-0.2, 0) is 0 Å². The summed E-state index contributed by atoms with van der Waals surface area (Å²) in [6.07, 6.45) is 5.92. The topological polar surface area (TPSA) is 46.5 Å². The number of rotatable bonds is 3. The van der Waals surface area contributed by atoms with Gasteiger partial charge in [-0.25, -0.2) is 4.79 Å². The molecule has 0 spiro atoms. The lowest BCUT2D eigenvalue weighted by Gasteiger charge is -2.26. The van der Waals surface area contributed by atoms with Crippen LogP contribution in [-0.4, -0.2) is 16.7 Å². The highest BCUT2D eigenvalue weighted by Gasteiger charge is 2.28. The Hall–Kier alpha value is -1.77. The number of benzene rings is 1. The summed E-state index contributed by atoms with van der Waals surface area (Å²) in [5.74, 6) is -0.263. The van der Waals surface area contributed by atoms with Crippen LogP contribution in [0.25, 0.3) is 0 Å². The van der Waals surface area contributed by atoms with Crippen LogP contribution in [0, 0.1) is 6.92 Å². The Morgan fingerprint density at radius 1 is 1.35 bits per heavy atom. The largest absolute Gasteiger partial charge is 0.487 e. The van der Waals surface area contributed by atoms with Crippen molar-refractivity contribution in [3.63, 3.8) is 0 Å². The van der Waals surface area contributed by atoms with Gasteiger partial charge in [-0.1, -0.05) is 18.2 Å². The SMILES string of the molecule is Cc1ccc(C(=O)O)cc1OC1(C)CC=CC1. The minimum Gasteiger partial charge on any atom is -0.487 e. The highest BCUT2D eigenvalue weighted by atomic mass is 16.5. The lowest BCUT2D eigenvalue weighted by Crippen LogP contribution is -2.28. The first-order valence-electron chi connectivity index (χ1n) is 5.68. The van der Waals surface area contributed by atoms with Gasteiger partial charge in [-0.15, -0.1) is 0 Å². The molecule has 0 amide bonds. The van der Waals surface area contributed by atoms with Gasteiger partial charge in [0, 0.05) is 12.8 Å². The van der Waals surface area contributed by atoms with Crippen molar-refractivity contribution in [2.24, 2.45) is 0 Å². The molecule has 17 heavy (non-hydrogen) atoms. The van der Waals surface area contributed by atoms with Crippen LogP contribution in [0.2, 0.25) is 0 Å². The van der Waals surface area contributed by atoms with E-state index in [-0.39, 0.29) is 11.2 Å². The van der Waals surface area contributed by atoms with Gasteiger partial charge in [-0.05, 0) is 31.5 Å². The first kappa shape index (κ1) is 11.7. The molecular formula is C14H16O3. The summed E-state index contributed by atoms with van der Waals surface area (Å²) in [6.45, 7) is 3.96. The van der Waals surface area contributed by atoms with Crippen LogP contribution in [0.4, 0.5) is 0 Å². The predicted molar refractivity (Wildman–Crippen MR) is 65.5 cm³/mol. The van der Waals surface area contributed by atoms with Gasteiger partial charge in [0.05, 0.1) is 5.56 Å². The third-order valence-corrected chi connectivity index (χ3v) is 3.06. The summed E-state index contributed by atoms with van der Waals surface area (Å²) in [6, 6.07) is 4.98. The Morgan fingerprint density at radius 2 is 2.00 bits per heavy atom. The summed E-state index contributed by atoms with van der Waals surface area (Å²) in [7, 11) is 0. The van der Waals surface area contributed by atoms with Crippen LogP contribution in [0.1, 0.15) is 35.7 Å². The molecule has 0 bridgehead atoms. The molecule has 1 aromatic rings. The van der Waals surface area contributed by atoms with Crippen molar-refractivity contribution in [1.82, 2.24) is 0 Å². The monoisotopic (exact) mass is 232 g/mol. The Kier molecular flexibility index (Phi) is 2.92.